The van der Waals surface area contributed by atoms with E-state index in [1.807, 2.05) is 66.0 Å². The zero-order valence-corrected chi connectivity index (χ0v) is 11.5. The Morgan fingerprint density at radius 3 is 2.06 bits per heavy atom. The number of anilines is 1. The molecule has 1 aromatic rings. The summed E-state index contributed by atoms with van der Waals surface area (Å²) in [5.74, 6) is 0. The van der Waals surface area contributed by atoms with Crippen molar-refractivity contribution in [3.63, 3.8) is 0 Å². The fourth-order valence-corrected chi connectivity index (χ4v) is 1.05. The molecule has 2 heteroatoms. The van der Waals surface area contributed by atoms with Crippen LogP contribution in [0.3, 0.4) is 0 Å². The van der Waals surface area contributed by atoms with Crippen LogP contribution in [0, 0.1) is 0 Å². The van der Waals surface area contributed by atoms with Crippen LogP contribution in [0.15, 0.2) is 29.3 Å². The summed E-state index contributed by atoms with van der Waals surface area (Å²) in [6.45, 7) is 12.7. The summed E-state index contributed by atoms with van der Waals surface area (Å²) in [4.78, 5) is 4.08. The Hall–Kier alpha value is -1.31. The number of aliphatic imine (C=N–C) groups is 1. The first-order valence-corrected chi connectivity index (χ1v) is 6.29. The molecule has 16 heavy (non-hydrogen) atoms. The van der Waals surface area contributed by atoms with Crippen LogP contribution < -0.4 is 5.32 Å². The van der Waals surface area contributed by atoms with Crippen molar-refractivity contribution in [3.05, 3.63) is 29.8 Å². The number of nitrogens with zero attached hydrogens (tertiary/aromatic N) is 1. The minimum absolute atomic E-state index is 0.705. The van der Waals surface area contributed by atoms with Gasteiger partial charge < -0.3 is 5.32 Å². The van der Waals surface area contributed by atoms with Crippen LogP contribution in [0.2, 0.25) is 0 Å². The summed E-state index contributed by atoms with van der Waals surface area (Å²) in [7, 11) is 0. The van der Waals surface area contributed by atoms with Gasteiger partial charge in [0.05, 0.1) is 0 Å². The summed E-state index contributed by atoms with van der Waals surface area (Å²) in [6.07, 6.45) is 1.89. The second-order valence-electron chi connectivity index (χ2n) is 2.23. The van der Waals surface area contributed by atoms with Crippen LogP contribution in [0.4, 0.5) is 5.69 Å². The van der Waals surface area contributed by atoms with Crippen molar-refractivity contribution in [1.82, 2.24) is 0 Å². The van der Waals surface area contributed by atoms with Crippen LogP contribution in [0.25, 0.3) is 0 Å². The van der Waals surface area contributed by atoms with Gasteiger partial charge in [-0.3, -0.25) is 4.99 Å². The molecule has 92 valence electrons. The summed E-state index contributed by atoms with van der Waals surface area (Å²) in [5, 5.41) is 3.16. The molecule has 0 aliphatic carbocycles. The van der Waals surface area contributed by atoms with Gasteiger partial charge in [-0.1, -0.05) is 59.7 Å². The van der Waals surface area contributed by atoms with E-state index in [0.717, 1.165) is 0 Å². The predicted molar refractivity (Wildman–Crippen MR) is 76.6 cm³/mol. The Kier molecular flexibility index (Phi) is 14.6. The molecule has 2 nitrogen and oxygen atoms in total. The van der Waals surface area contributed by atoms with Gasteiger partial charge in [-0.25, -0.2) is 0 Å². The first-order valence-electron chi connectivity index (χ1n) is 6.29. The fraction of sp³-hybridized carbons (Fsp3) is 0.500. The summed E-state index contributed by atoms with van der Waals surface area (Å²) >= 11 is 0. The number of fused-ring (bicyclic) bond motifs is 1. The third-order valence-corrected chi connectivity index (χ3v) is 1.55. The molecule has 1 N–H and O–H groups in total. The third-order valence-electron chi connectivity index (χ3n) is 1.55. The second kappa shape index (κ2) is 13.7. The van der Waals surface area contributed by atoms with Crippen LogP contribution in [0.5, 0.6) is 0 Å². The number of hydrogen-bond acceptors (Lipinski definition) is 2. The van der Waals surface area contributed by atoms with E-state index in [9.17, 15) is 0 Å². The second-order valence-corrected chi connectivity index (χ2v) is 2.23. The zero-order chi connectivity index (χ0) is 12.8. The highest BCUT2D eigenvalue weighted by Gasteiger charge is 1.99. The molecule has 0 fully saturated rings. The Morgan fingerprint density at radius 2 is 1.50 bits per heavy atom. The molecular formula is C14H26N2. The predicted octanol–water partition coefficient (Wildman–Crippen LogP) is 4.57. The monoisotopic (exact) mass is 222 g/mol. The number of nitrogens with one attached hydrogen (secondary N) is 1. The molecule has 0 unspecified atom stereocenters. The van der Waals surface area contributed by atoms with E-state index < -0.39 is 0 Å². The lowest BCUT2D eigenvalue weighted by molar-refractivity contribution is 1.13. The molecule has 2 rings (SSSR count). The summed E-state index contributed by atoms with van der Waals surface area (Å²) in [5.41, 5.74) is 2.35. The molecule has 1 heterocycles. The van der Waals surface area contributed by atoms with Crippen molar-refractivity contribution in [2.75, 3.05) is 12.0 Å². The smallest absolute Gasteiger partial charge is 0.107 e. The molecule has 0 amide bonds. The SMILES string of the molecule is C1=NCNc2ccccc21.CC.CC.CC. The Morgan fingerprint density at radius 1 is 0.938 bits per heavy atom. The van der Waals surface area contributed by atoms with Crippen LogP contribution in [0.1, 0.15) is 47.1 Å². The van der Waals surface area contributed by atoms with E-state index in [1.54, 1.807) is 0 Å². The van der Waals surface area contributed by atoms with Gasteiger partial charge in [-0.2, -0.15) is 0 Å². The Balaban J connectivity index is 0. The maximum Gasteiger partial charge on any atom is 0.107 e. The van der Waals surface area contributed by atoms with E-state index in [1.165, 1.54) is 11.3 Å². The van der Waals surface area contributed by atoms with E-state index in [-0.39, 0.29) is 0 Å². The highest BCUT2D eigenvalue weighted by Crippen LogP contribution is 2.14. The van der Waals surface area contributed by atoms with Crippen LogP contribution in [-0.2, 0) is 0 Å². The van der Waals surface area contributed by atoms with E-state index in [2.05, 4.69) is 16.4 Å². The van der Waals surface area contributed by atoms with Crippen molar-refractivity contribution in [2.24, 2.45) is 4.99 Å². The lowest BCUT2D eigenvalue weighted by Gasteiger charge is -2.10. The minimum Gasteiger partial charge on any atom is -0.366 e. The number of para-hydroxylation sites is 1. The number of hydrogen-bond donors (Lipinski definition) is 1. The average molecular weight is 222 g/mol. The molecule has 0 saturated carbocycles. The summed E-state index contributed by atoms with van der Waals surface area (Å²) < 4.78 is 0. The first-order chi connectivity index (χ1) is 7.97. The van der Waals surface area contributed by atoms with Gasteiger partial charge >= 0.3 is 0 Å². The normalized spacial score (nSPS) is 9.88. The molecule has 0 saturated heterocycles. The number of rotatable bonds is 0. The lowest BCUT2D eigenvalue weighted by atomic mass is 10.2. The molecule has 1 aromatic carbocycles. The van der Waals surface area contributed by atoms with Gasteiger partial charge in [0.15, 0.2) is 0 Å². The quantitative estimate of drug-likeness (QED) is 0.683. The highest BCUT2D eigenvalue weighted by atomic mass is 15.0. The van der Waals surface area contributed by atoms with Gasteiger partial charge in [0.2, 0.25) is 0 Å². The van der Waals surface area contributed by atoms with Crippen molar-refractivity contribution >= 4 is 11.9 Å². The van der Waals surface area contributed by atoms with Crippen molar-refractivity contribution in [3.8, 4) is 0 Å². The Bertz CT molecular complexity index is 267. The van der Waals surface area contributed by atoms with Crippen LogP contribution >= 0.6 is 0 Å². The van der Waals surface area contributed by atoms with E-state index in [4.69, 9.17) is 0 Å². The highest BCUT2D eigenvalue weighted by molar-refractivity contribution is 5.89. The van der Waals surface area contributed by atoms with Gasteiger partial charge in [0, 0.05) is 17.5 Å². The molecule has 0 spiro atoms. The lowest BCUT2D eigenvalue weighted by Crippen LogP contribution is -2.06. The Labute approximate surface area is 101 Å². The molecule has 0 bridgehead atoms. The maximum atomic E-state index is 4.08. The topological polar surface area (TPSA) is 24.4 Å². The largest absolute Gasteiger partial charge is 0.366 e. The van der Waals surface area contributed by atoms with Gasteiger partial charge in [0.25, 0.3) is 0 Å². The molecule has 1 aliphatic rings. The fourth-order valence-electron chi connectivity index (χ4n) is 1.05. The van der Waals surface area contributed by atoms with Crippen molar-refractivity contribution in [1.29, 1.82) is 0 Å². The third kappa shape index (κ3) is 6.23. The van der Waals surface area contributed by atoms with Crippen molar-refractivity contribution in [2.45, 2.75) is 41.5 Å². The zero-order valence-electron chi connectivity index (χ0n) is 11.5. The molecule has 0 radical (unpaired) electrons. The molecule has 1 aliphatic heterocycles. The minimum atomic E-state index is 0.705. The molecule has 0 aromatic heterocycles. The molecular weight excluding hydrogens is 196 g/mol. The average Bonchev–Trinajstić information content (AvgIpc) is 2.45. The van der Waals surface area contributed by atoms with E-state index in [0.29, 0.717) is 6.67 Å². The number of benzene rings is 1. The van der Waals surface area contributed by atoms with E-state index >= 15 is 0 Å². The van der Waals surface area contributed by atoms with Gasteiger partial charge in [-0.15, -0.1) is 0 Å². The van der Waals surface area contributed by atoms with Gasteiger partial charge in [0.1, 0.15) is 6.67 Å². The first kappa shape index (κ1) is 17.1. The van der Waals surface area contributed by atoms with Crippen LogP contribution in [-0.4, -0.2) is 12.9 Å². The standard InChI is InChI=1S/C8H8N2.3C2H6/c1-2-4-8-7(3-1)5-9-6-10-8;3*1-2/h1-5,10H,6H2;3*1-2H3. The molecule has 0 atom stereocenters. The van der Waals surface area contributed by atoms with Crippen molar-refractivity contribution < 1.29 is 0 Å². The van der Waals surface area contributed by atoms with Gasteiger partial charge in [-0.05, 0) is 6.07 Å². The maximum absolute atomic E-state index is 4.08. The summed E-state index contributed by atoms with van der Waals surface area (Å²) in [6, 6.07) is 8.13.